The molecular formula is C26H27F9N6O2. The Labute approximate surface area is 239 Å². The van der Waals surface area contributed by atoms with E-state index in [0.29, 0.717) is 37.2 Å². The average Bonchev–Trinajstić information content (AvgIpc) is 3.33. The predicted octanol–water partition coefficient (Wildman–Crippen LogP) is 6.55. The van der Waals surface area contributed by atoms with Crippen LogP contribution in [0.25, 0.3) is 0 Å². The molecule has 0 bridgehead atoms. The van der Waals surface area contributed by atoms with E-state index in [2.05, 4.69) is 15.4 Å². The summed E-state index contributed by atoms with van der Waals surface area (Å²) in [7, 11) is 1.35. The Kier molecular flexibility index (Phi) is 10.2. The van der Waals surface area contributed by atoms with E-state index >= 15 is 0 Å². The Morgan fingerprint density at radius 2 is 1.44 bits per heavy atom. The molecule has 236 valence electrons. The summed E-state index contributed by atoms with van der Waals surface area (Å²) >= 11 is 0. The normalized spacial score (nSPS) is 12.4. The van der Waals surface area contributed by atoms with E-state index in [0.717, 1.165) is 21.8 Å². The van der Waals surface area contributed by atoms with Gasteiger partial charge in [0.25, 0.3) is 5.95 Å². The lowest BCUT2D eigenvalue weighted by Crippen LogP contribution is -2.29. The number of carboxylic acid groups (broad SMARTS) is 1. The molecule has 1 N–H and O–H groups in total. The van der Waals surface area contributed by atoms with Crippen LogP contribution in [0.5, 0.6) is 0 Å². The highest BCUT2D eigenvalue weighted by Crippen LogP contribution is 2.38. The summed E-state index contributed by atoms with van der Waals surface area (Å²) in [4.78, 5) is 14.7. The first-order valence-corrected chi connectivity index (χ1v) is 12.8. The molecule has 3 rings (SSSR count). The minimum absolute atomic E-state index is 0.0250. The van der Waals surface area contributed by atoms with Gasteiger partial charge < -0.3 is 14.9 Å². The van der Waals surface area contributed by atoms with Crippen molar-refractivity contribution < 1.29 is 49.4 Å². The zero-order chi connectivity index (χ0) is 32.2. The second-order valence-corrected chi connectivity index (χ2v) is 9.62. The first-order valence-electron chi connectivity index (χ1n) is 12.8. The average molecular weight is 627 g/mol. The molecule has 0 saturated carbocycles. The molecule has 3 aromatic rings. The van der Waals surface area contributed by atoms with Crippen molar-refractivity contribution in [2.24, 2.45) is 7.05 Å². The molecule has 0 spiro atoms. The third-order valence-corrected chi connectivity index (χ3v) is 6.36. The van der Waals surface area contributed by atoms with Crippen molar-refractivity contribution >= 4 is 17.6 Å². The Morgan fingerprint density at radius 1 is 0.837 bits per heavy atom. The molecule has 0 saturated heterocycles. The Balaban J connectivity index is 2.09. The van der Waals surface area contributed by atoms with Crippen molar-refractivity contribution in [2.75, 3.05) is 22.9 Å². The Bertz CT molecular complexity index is 1370. The van der Waals surface area contributed by atoms with Crippen molar-refractivity contribution in [1.82, 2.24) is 20.2 Å². The lowest BCUT2D eigenvalue weighted by atomic mass is 10.0. The van der Waals surface area contributed by atoms with Crippen LogP contribution in [0, 0.1) is 0 Å². The number of benzene rings is 2. The topological polar surface area (TPSA) is 87.4 Å². The fraction of sp³-hybridized carbons (Fsp3) is 0.462. The molecule has 0 unspecified atom stereocenters. The van der Waals surface area contributed by atoms with Crippen LogP contribution < -0.4 is 9.80 Å². The van der Waals surface area contributed by atoms with Crippen molar-refractivity contribution in [3.05, 3.63) is 64.2 Å². The quantitative estimate of drug-likeness (QED) is 0.180. The van der Waals surface area contributed by atoms with Crippen molar-refractivity contribution in [1.29, 1.82) is 0 Å². The van der Waals surface area contributed by atoms with E-state index in [1.807, 2.05) is 0 Å². The second-order valence-electron chi connectivity index (χ2n) is 9.62. The number of anilines is 2. The van der Waals surface area contributed by atoms with Crippen molar-refractivity contribution in [2.45, 2.75) is 57.8 Å². The molecule has 0 radical (unpaired) electrons. The van der Waals surface area contributed by atoms with E-state index < -0.39 is 59.8 Å². The Hall–Kier alpha value is -4.05. The van der Waals surface area contributed by atoms with Crippen LogP contribution in [-0.4, -0.2) is 44.4 Å². The molecule has 1 aromatic heterocycles. The number of carbonyl (C=O) groups is 1. The number of halogens is 9. The number of tetrazole rings is 1. The van der Waals surface area contributed by atoms with Crippen LogP contribution in [-0.2, 0) is 43.5 Å². The first kappa shape index (κ1) is 33.5. The highest BCUT2D eigenvalue weighted by Gasteiger charge is 2.37. The number of aryl methyl sites for hydroxylation is 1. The molecule has 17 heteroatoms. The summed E-state index contributed by atoms with van der Waals surface area (Å²) in [6.45, 7) is 1.21. The first-order chi connectivity index (χ1) is 19.9. The zero-order valence-corrected chi connectivity index (χ0v) is 22.9. The van der Waals surface area contributed by atoms with Gasteiger partial charge in [-0.3, -0.25) is 4.79 Å². The van der Waals surface area contributed by atoms with E-state index in [1.54, 1.807) is 11.8 Å². The van der Waals surface area contributed by atoms with E-state index in [9.17, 15) is 44.3 Å². The SMILES string of the molecule is CCN(CCCCC(=O)O)c1ccc(C(F)(F)F)cc1CN(Cc1cc(C(F)(F)F)cc(C(F)(F)F)c1)c1nnn(C)n1. The minimum Gasteiger partial charge on any atom is -0.481 e. The number of nitrogens with zero attached hydrogens (tertiary/aromatic N) is 6. The van der Waals surface area contributed by atoms with Gasteiger partial charge in [0.05, 0.1) is 23.7 Å². The van der Waals surface area contributed by atoms with Gasteiger partial charge in [0.1, 0.15) is 0 Å². The van der Waals surface area contributed by atoms with Crippen LogP contribution in [0.3, 0.4) is 0 Å². The smallest absolute Gasteiger partial charge is 0.416 e. The van der Waals surface area contributed by atoms with Gasteiger partial charge in [-0.2, -0.15) is 44.3 Å². The molecule has 1 heterocycles. The van der Waals surface area contributed by atoms with Crippen molar-refractivity contribution in [3.8, 4) is 0 Å². The van der Waals surface area contributed by atoms with Gasteiger partial charge >= 0.3 is 24.5 Å². The summed E-state index contributed by atoms with van der Waals surface area (Å²) in [5.41, 5.74) is -4.24. The van der Waals surface area contributed by atoms with Crippen LogP contribution in [0.1, 0.15) is 54.0 Å². The Morgan fingerprint density at radius 3 is 1.93 bits per heavy atom. The second kappa shape index (κ2) is 13.1. The van der Waals surface area contributed by atoms with Gasteiger partial charge in [-0.1, -0.05) is 5.10 Å². The van der Waals surface area contributed by atoms with Gasteiger partial charge in [-0.25, -0.2) is 0 Å². The molecular weight excluding hydrogens is 599 g/mol. The number of hydrogen-bond acceptors (Lipinski definition) is 6. The molecule has 0 amide bonds. The molecule has 0 fully saturated rings. The summed E-state index contributed by atoms with van der Waals surface area (Å²) < 4.78 is 122. The van der Waals surface area contributed by atoms with Crippen LogP contribution >= 0.6 is 0 Å². The summed E-state index contributed by atoms with van der Waals surface area (Å²) in [5.74, 6) is -1.25. The zero-order valence-electron chi connectivity index (χ0n) is 22.9. The number of hydrogen-bond donors (Lipinski definition) is 1. The molecule has 2 aromatic carbocycles. The highest BCUT2D eigenvalue weighted by atomic mass is 19.4. The van der Waals surface area contributed by atoms with Gasteiger partial charge in [0.15, 0.2) is 0 Å². The highest BCUT2D eigenvalue weighted by molar-refractivity contribution is 5.66. The lowest BCUT2D eigenvalue weighted by Gasteiger charge is -2.29. The van der Waals surface area contributed by atoms with Gasteiger partial charge in [0.2, 0.25) is 0 Å². The molecule has 8 nitrogen and oxygen atoms in total. The number of aliphatic carboxylic acids is 1. The third-order valence-electron chi connectivity index (χ3n) is 6.36. The fourth-order valence-electron chi connectivity index (χ4n) is 4.36. The minimum atomic E-state index is -5.11. The largest absolute Gasteiger partial charge is 0.481 e. The molecule has 0 aliphatic rings. The van der Waals surface area contributed by atoms with E-state index in [-0.39, 0.29) is 30.5 Å². The summed E-state index contributed by atoms with van der Waals surface area (Å²) in [6.07, 6.45) is -14.4. The number of unbranched alkanes of at least 4 members (excludes halogenated alkanes) is 1. The van der Waals surface area contributed by atoms with Crippen LogP contribution in [0.4, 0.5) is 51.1 Å². The van der Waals surface area contributed by atoms with Crippen molar-refractivity contribution in [3.63, 3.8) is 0 Å². The summed E-state index contributed by atoms with van der Waals surface area (Å²) in [5, 5.41) is 20.3. The van der Waals surface area contributed by atoms with Crippen LogP contribution in [0.2, 0.25) is 0 Å². The number of rotatable bonds is 12. The van der Waals surface area contributed by atoms with E-state index in [1.165, 1.54) is 13.1 Å². The third kappa shape index (κ3) is 9.22. The van der Waals surface area contributed by atoms with Crippen LogP contribution in [0.15, 0.2) is 36.4 Å². The molecule has 43 heavy (non-hydrogen) atoms. The number of aromatic nitrogens is 4. The van der Waals surface area contributed by atoms with Gasteiger partial charge in [0, 0.05) is 38.3 Å². The fourth-order valence-corrected chi connectivity index (χ4v) is 4.36. The molecule has 0 aliphatic heterocycles. The number of carboxylic acids is 1. The van der Waals surface area contributed by atoms with E-state index in [4.69, 9.17) is 5.11 Å². The maximum atomic E-state index is 13.7. The standard InChI is InChI=1S/C26H27F9N6O2/c1-3-40(9-5-4-6-22(42)43)21-8-7-18(24(27,28)29)12-17(21)15-41(23-36-38-39(2)37-23)14-16-10-19(25(30,31)32)13-20(11-16)26(33,34)35/h7-8,10-13H,3-6,9,14-15H2,1-2H3,(H,42,43). The monoisotopic (exact) mass is 626 g/mol. The molecule has 0 atom stereocenters. The maximum absolute atomic E-state index is 13.7. The molecule has 0 aliphatic carbocycles. The number of alkyl halides is 9. The maximum Gasteiger partial charge on any atom is 0.416 e. The lowest BCUT2D eigenvalue weighted by molar-refractivity contribution is -0.143. The van der Waals surface area contributed by atoms with Gasteiger partial charge in [-0.15, -0.1) is 5.10 Å². The summed E-state index contributed by atoms with van der Waals surface area (Å²) in [6, 6.07) is 3.92. The van der Waals surface area contributed by atoms with Gasteiger partial charge in [-0.05, 0) is 72.5 Å². The predicted molar refractivity (Wildman–Crippen MR) is 136 cm³/mol.